The van der Waals surface area contributed by atoms with E-state index in [2.05, 4.69) is 6.07 Å². The van der Waals surface area contributed by atoms with Crippen LogP contribution in [0.5, 0.6) is 0 Å². The van der Waals surface area contributed by atoms with Crippen LogP contribution < -0.4 is 0 Å². The van der Waals surface area contributed by atoms with Crippen molar-refractivity contribution in [3.8, 4) is 6.07 Å². The third-order valence-corrected chi connectivity index (χ3v) is 3.04. The molecular formula is C12H10ClNO. The number of carbonyl (C=O) groups is 1. The van der Waals surface area contributed by atoms with Crippen LogP contribution in [0, 0.1) is 11.3 Å². The summed E-state index contributed by atoms with van der Waals surface area (Å²) in [6.07, 6.45) is 1.72. The average Bonchev–Trinajstić information content (AvgIpc) is 2.97. The minimum atomic E-state index is -0.380. The predicted molar refractivity (Wildman–Crippen MR) is 58.0 cm³/mol. The highest BCUT2D eigenvalue weighted by Crippen LogP contribution is 2.48. The Morgan fingerprint density at radius 3 is 2.60 bits per heavy atom. The number of hydrogen-bond donors (Lipinski definition) is 0. The summed E-state index contributed by atoms with van der Waals surface area (Å²) >= 11 is 5.92. The molecule has 0 heterocycles. The van der Waals surface area contributed by atoms with E-state index in [9.17, 15) is 4.79 Å². The molecule has 1 aromatic carbocycles. The number of hydrogen-bond acceptors (Lipinski definition) is 2. The maximum atomic E-state index is 11.2. The Morgan fingerprint density at radius 2 is 2.13 bits per heavy atom. The Morgan fingerprint density at radius 1 is 1.47 bits per heavy atom. The molecule has 1 aliphatic carbocycles. The predicted octanol–water partition coefficient (Wildman–Crippen LogP) is 3.10. The molecule has 0 radical (unpaired) electrons. The Hall–Kier alpha value is -1.33. The minimum absolute atomic E-state index is 0.0208. The van der Waals surface area contributed by atoms with Crippen molar-refractivity contribution in [1.29, 1.82) is 5.26 Å². The van der Waals surface area contributed by atoms with Gasteiger partial charge in [0.1, 0.15) is 0 Å². The molecule has 0 saturated heterocycles. The first kappa shape index (κ1) is 10.2. The molecule has 0 aliphatic heterocycles. The van der Waals surface area contributed by atoms with Crippen LogP contribution in [-0.2, 0) is 5.41 Å². The quantitative estimate of drug-likeness (QED) is 0.718. The van der Waals surface area contributed by atoms with Crippen LogP contribution >= 0.6 is 11.6 Å². The third kappa shape index (κ3) is 1.75. The lowest BCUT2D eigenvalue weighted by Crippen LogP contribution is -2.04. The first-order valence-electron chi connectivity index (χ1n) is 4.81. The van der Waals surface area contributed by atoms with E-state index >= 15 is 0 Å². The van der Waals surface area contributed by atoms with Crippen molar-refractivity contribution in [3.05, 3.63) is 34.3 Å². The van der Waals surface area contributed by atoms with Crippen LogP contribution in [0.4, 0.5) is 0 Å². The van der Waals surface area contributed by atoms with E-state index in [1.54, 1.807) is 18.2 Å². The van der Waals surface area contributed by atoms with Crippen LogP contribution in [0.3, 0.4) is 0 Å². The van der Waals surface area contributed by atoms with E-state index < -0.39 is 0 Å². The highest BCUT2D eigenvalue weighted by atomic mass is 35.5. The Bertz CT molecular complexity index is 469. The fourth-order valence-electron chi connectivity index (χ4n) is 1.66. The first-order chi connectivity index (χ1) is 7.07. The number of Topliss-reactive ketones (excluding diaryl/α,β-unsaturated/α-hetero) is 1. The molecule has 0 amide bonds. The number of nitriles is 1. The van der Waals surface area contributed by atoms with Gasteiger partial charge in [0.25, 0.3) is 0 Å². The fraction of sp³-hybridized carbons (Fsp3) is 0.333. The summed E-state index contributed by atoms with van der Waals surface area (Å²) in [5.74, 6) is -0.0208. The molecule has 1 aliphatic rings. The van der Waals surface area contributed by atoms with Gasteiger partial charge >= 0.3 is 0 Å². The molecule has 1 fully saturated rings. The highest BCUT2D eigenvalue weighted by molar-refractivity contribution is 6.31. The van der Waals surface area contributed by atoms with Gasteiger partial charge in [-0.3, -0.25) is 4.79 Å². The summed E-state index contributed by atoms with van der Waals surface area (Å²) in [4.78, 5) is 11.2. The average molecular weight is 220 g/mol. The van der Waals surface area contributed by atoms with Crippen molar-refractivity contribution in [2.75, 3.05) is 0 Å². The van der Waals surface area contributed by atoms with Gasteiger partial charge in [0, 0.05) is 10.6 Å². The Labute approximate surface area is 93.5 Å². The maximum absolute atomic E-state index is 11.2. The molecule has 0 unspecified atom stereocenters. The minimum Gasteiger partial charge on any atom is -0.295 e. The molecule has 1 saturated carbocycles. The monoisotopic (exact) mass is 219 g/mol. The van der Waals surface area contributed by atoms with Crippen LogP contribution in [0.1, 0.15) is 35.7 Å². The molecule has 2 nitrogen and oxygen atoms in total. The summed E-state index contributed by atoms with van der Waals surface area (Å²) in [5.41, 5.74) is 1.08. The van der Waals surface area contributed by atoms with E-state index in [0.29, 0.717) is 10.6 Å². The first-order valence-corrected chi connectivity index (χ1v) is 5.18. The Balaban J connectivity index is 2.50. The lowest BCUT2D eigenvalue weighted by molar-refractivity contribution is 0.101. The second-order valence-corrected chi connectivity index (χ2v) is 4.42. The standard InChI is InChI=1S/C12H10ClNO/c1-8(15)9-4-10(6-11(13)5-9)12(7-14)2-3-12/h4-6H,2-3H2,1H3. The van der Waals surface area contributed by atoms with Crippen molar-refractivity contribution >= 4 is 17.4 Å². The van der Waals surface area contributed by atoms with Crippen molar-refractivity contribution in [1.82, 2.24) is 0 Å². The molecule has 0 bridgehead atoms. The van der Waals surface area contributed by atoms with Gasteiger partial charge in [-0.1, -0.05) is 11.6 Å². The van der Waals surface area contributed by atoms with Gasteiger partial charge < -0.3 is 0 Å². The maximum Gasteiger partial charge on any atom is 0.159 e. The van der Waals surface area contributed by atoms with E-state index in [0.717, 1.165) is 18.4 Å². The van der Waals surface area contributed by atoms with Gasteiger partial charge in [-0.25, -0.2) is 0 Å². The van der Waals surface area contributed by atoms with E-state index in [1.165, 1.54) is 6.92 Å². The molecular weight excluding hydrogens is 210 g/mol. The van der Waals surface area contributed by atoms with E-state index in [1.807, 2.05) is 0 Å². The topological polar surface area (TPSA) is 40.9 Å². The zero-order valence-electron chi connectivity index (χ0n) is 8.38. The Kier molecular flexibility index (Phi) is 2.28. The zero-order valence-corrected chi connectivity index (χ0v) is 9.14. The zero-order chi connectivity index (χ0) is 11.1. The van der Waals surface area contributed by atoms with Crippen LogP contribution in [0.15, 0.2) is 18.2 Å². The molecule has 0 aromatic heterocycles. The molecule has 15 heavy (non-hydrogen) atoms. The number of ketones is 1. The van der Waals surface area contributed by atoms with Crippen molar-refractivity contribution < 1.29 is 4.79 Å². The molecule has 0 atom stereocenters. The van der Waals surface area contributed by atoms with Crippen molar-refractivity contribution in [3.63, 3.8) is 0 Å². The number of benzene rings is 1. The second kappa shape index (κ2) is 3.36. The third-order valence-electron chi connectivity index (χ3n) is 2.82. The molecule has 3 heteroatoms. The number of nitrogens with zero attached hydrogens (tertiary/aromatic N) is 1. The van der Waals surface area contributed by atoms with Gasteiger partial charge in [-0.15, -0.1) is 0 Å². The van der Waals surface area contributed by atoms with Crippen LogP contribution in [0.25, 0.3) is 0 Å². The molecule has 0 N–H and O–H groups in total. The fourth-order valence-corrected chi connectivity index (χ4v) is 1.89. The largest absolute Gasteiger partial charge is 0.295 e. The summed E-state index contributed by atoms with van der Waals surface area (Å²) in [5, 5.41) is 9.58. The van der Waals surface area contributed by atoms with Gasteiger partial charge in [0.05, 0.1) is 11.5 Å². The normalized spacial score (nSPS) is 16.9. The summed E-state index contributed by atoms with van der Waals surface area (Å²) in [6, 6.07) is 7.50. The van der Waals surface area contributed by atoms with Crippen molar-refractivity contribution in [2.45, 2.75) is 25.2 Å². The smallest absolute Gasteiger partial charge is 0.159 e. The van der Waals surface area contributed by atoms with Gasteiger partial charge in [-0.2, -0.15) is 5.26 Å². The molecule has 2 rings (SSSR count). The molecule has 1 aromatic rings. The van der Waals surface area contributed by atoms with Gasteiger partial charge in [0.15, 0.2) is 5.78 Å². The lowest BCUT2D eigenvalue weighted by Gasteiger charge is -2.08. The summed E-state index contributed by atoms with van der Waals surface area (Å²) in [6.45, 7) is 1.50. The van der Waals surface area contributed by atoms with Gasteiger partial charge in [-0.05, 0) is 43.5 Å². The van der Waals surface area contributed by atoms with Crippen LogP contribution in [0.2, 0.25) is 5.02 Å². The number of carbonyl (C=O) groups excluding carboxylic acids is 1. The molecule has 0 spiro atoms. The van der Waals surface area contributed by atoms with Crippen molar-refractivity contribution in [2.24, 2.45) is 0 Å². The van der Waals surface area contributed by atoms with Crippen LogP contribution in [-0.4, -0.2) is 5.78 Å². The van der Waals surface area contributed by atoms with E-state index in [4.69, 9.17) is 16.9 Å². The SMILES string of the molecule is CC(=O)c1cc(Cl)cc(C2(C#N)CC2)c1. The number of halogens is 1. The van der Waals surface area contributed by atoms with E-state index in [-0.39, 0.29) is 11.2 Å². The molecule has 76 valence electrons. The lowest BCUT2D eigenvalue weighted by atomic mass is 9.95. The second-order valence-electron chi connectivity index (χ2n) is 3.98. The summed E-state index contributed by atoms with van der Waals surface area (Å²) < 4.78 is 0. The summed E-state index contributed by atoms with van der Waals surface area (Å²) in [7, 11) is 0. The highest BCUT2D eigenvalue weighted by Gasteiger charge is 2.45. The number of rotatable bonds is 2. The van der Waals surface area contributed by atoms with Gasteiger partial charge in [0.2, 0.25) is 0 Å².